The smallest absolute Gasteiger partial charge is 0.338 e. The lowest BCUT2D eigenvalue weighted by Gasteiger charge is -2.21. The lowest BCUT2D eigenvalue weighted by atomic mass is 10.1. The molecule has 0 saturated carbocycles. The number of nitrogens with one attached hydrogen (secondary N) is 2. The maximum absolute atomic E-state index is 15.2. The molecule has 1 atom stereocenters. The van der Waals surface area contributed by atoms with Gasteiger partial charge in [-0.1, -0.05) is 0 Å². The number of aromatic nitrogens is 2. The predicted octanol–water partition coefficient (Wildman–Crippen LogP) is 2.52. The van der Waals surface area contributed by atoms with Gasteiger partial charge in [-0.3, -0.25) is 14.9 Å². The van der Waals surface area contributed by atoms with Crippen molar-refractivity contribution in [2.24, 2.45) is 4.99 Å². The summed E-state index contributed by atoms with van der Waals surface area (Å²) < 4.78 is 63.6. The molecule has 1 saturated heterocycles. The van der Waals surface area contributed by atoms with Gasteiger partial charge in [0.1, 0.15) is 11.5 Å². The Morgan fingerprint density at radius 3 is 2.88 bits per heavy atom. The molecule has 176 valence electrons. The second kappa shape index (κ2) is 9.74. The molecule has 0 spiro atoms. The molecule has 1 aliphatic rings. The van der Waals surface area contributed by atoms with Crippen molar-refractivity contribution in [2.45, 2.75) is 32.0 Å². The van der Waals surface area contributed by atoms with Gasteiger partial charge in [0.05, 0.1) is 29.4 Å². The van der Waals surface area contributed by atoms with Crippen molar-refractivity contribution in [1.82, 2.24) is 20.1 Å². The first-order valence-corrected chi connectivity index (χ1v) is 11.6. The number of amidine groups is 1. The Morgan fingerprint density at radius 1 is 1.47 bits per heavy atom. The van der Waals surface area contributed by atoms with Crippen LogP contribution in [-0.2, 0) is 14.5 Å². The van der Waals surface area contributed by atoms with Gasteiger partial charge in [-0.15, -0.1) is 0 Å². The van der Waals surface area contributed by atoms with Gasteiger partial charge in [0, 0.05) is 6.54 Å². The normalized spacial score (nSPS) is 20.2. The number of rotatable bonds is 8. The van der Waals surface area contributed by atoms with Gasteiger partial charge >= 0.3 is 10.3 Å². The highest BCUT2D eigenvalue weighted by Crippen LogP contribution is 2.29. The third kappa shape index (κ3) is 5.78. The number of anilines is 1. The molecule has 0 bridgehead atoms. The van der Waals surface area contributed by atoms with E-state index in [9.17, 15) is 18.0 Å². The first-order valence-electron chi connectivity index (χ1n) is 9.41. The SMILES string of the molecule is CC(C)OS(=O)(=O)N1CCC(F)(CNc2nonc2C(=Nc2ccc(F)c(Br)c2)NO)C1. The van der Waals surface area contributed by atoms with Gasteiger partial charge in [0.25, 0.3) is 0 Å². The molecule has 15 heteroatoms. The van der Waals surface area contributed by atoms with Crippen LogP contribution < -0.4 is 10.8 Å². The zero-order valence-corrected chi connectivity index (χ0v) is 19.5. The topological polar surface area (TPSA) is 142 Å². The lowest BCUT2D eigenvalue weighted by molar-refractivity contribution is 0.184. The van der Waals surface area contributed by atoms with E-state index in [1.807, 2.05) is 5.48 Å². The monoisotopic (exact) mass is 538 g/mol. The molecule has 1 unspecified atom stereocenters. The van der Waals surface area contributed by atoms with E-state index in [-0.39, 0.29) is 47.0 Å². The fourth-order valence-corrected chi connectivity index (χ4v) is 4.63. The van der Waals surface area contributed by atoms with Crippen LogP contribution in [0.3, 0.4) is 0 Å². The number of halogens is 3. The van der Waals surface area contributed by atoms with Gasteiger partial charge < -0.3 is 5.32 Å². The van der Waals surface area contributed by atoms with Crippen LogP contribution in [0.15, 0.2) is 32.3 Å². The van der Waals surface area contributed by atoms with E-state index in [2.05, 4.69) is 41.2 Å². The highest BCUT2D eigenvalue weighted by molar-refractivity contribution is 9.10. The van der Waals surface area contributed by atoms with Gasteiger partial charge in [0.15, 0.2) is 11.5 Å². The number of alkyl halides is 1. The molecule has 0 aliphatic carbocycles. The number of benzene rings is 1. The molecule has 1 aromatic carbocycles. The molecule has 2 heterocycles. The van der Waals surface area contributed by atoms with Crippen molar-refractivity contribution in [1.29, 1.82) is 0 Å². The van der Waals surface area contributed by atoms with E-state index in [1.165, 1.54) is 18.2 Å². The van der Waals surface area contributed by atoms with Gasteiger partial charge in [0.2, 0.25) is 5.82 Å². The molecule has 1 fully saturated rings. The van der Waals surface area contributed by atoms with Crippen molar-refractivity contribution in [3.8, 4) is 0 Å². The molecule has 1 aromatic heterocycles. The Morgan fingerprint density at radius 2 is 2.22 bits per heavy atom. The third-order valence-corrected chi connectivity index (χ3v) is 6.61. The maximum Gasteiger partial charge on any atom is 0.338 e. The van der Waals surface area contributed by atoms with Crippen molar-refractivity contribution in [2.75, 3.05) is 25.0 Å². The second-order valence-electron chi connectivity index (χ2n) is 7.32. The zero-order chi connectivity index (χ0) is 23.5. The minimum atomic E-state index is -4.04. The van der Waals surface area contributed by atoms with Crippen LogP contribution in [-0.4, -0.2) is 65.5 Å². The van der Waals surface area contributed by atoms with Crippen molar-refractivity contribution in [3.05, 3.63) is 34.2 Å². The van der Waals surface area contributed by atoms with E-state index < -0.39 is 34.4 Å². The molecule has 3 N–H and O–H groups in total. The molecule has 3 rings (SSSR count). The molecular weight excluding hydrogens is 518 g/mol. The van der Waals surface area contributed by atoms with E-state index in [0.29, 0.717) is 0 Å². The van der Waals surface area contributed by atoms with Crippen LogP contribution in [0.25, 0.3) is 0 Å². The molecule has 0 radical (unpaired) electrons. The van der Waals surface area contributed by atoms with Crippen molar-refractivity contribution >= 4 is 43.6 Å². The summed E-state index contributed by atoms with van der Waals surface area (Å²) in [6.07, 6.45) is -0.633. The van der Waals surface area contributed by atoms with Crippen LogP contribution in [0, 0.1) is 5.82 Å². The van der Waals surface area contributed by atoms with Gasteiger partial charge in [-0.05, 0) is 64.7 Å². The molecule has 11 nitrogen and oxygen atoms in total. The fourth-order valence-electron chi connectivity index (χ4n) is 2.96. The van der Waals surface area contributed by atoms with E-state index in [1.54, 1.807) is 13.8 Å². The average Bonchev–Trinajstić information content (AvgIpc) is 3.34. The summed E-state index contributed by atoms with van der Waals surface area (Å²) in [4.78, 5) is 4.11. The quantitative estimate of drug-likeness (QED) is 0.262. The molecule has 32 heavy (non-hydrogen) atoms. The number of aliphatic imine (C=N–C) groups is 1. The van der Waals surface area contributed by atoms with E-state index in [4.69, 9.17) is 4.18 Å². The lowest BCUT2D eigenvalue weighted by Crippen LogP contribution is -2.39. The standard InChI is InChI=1S/C17H21BrF2N6O5S/c1-10(2)30-32(28,29)26-6-5-17(20,9-26)8-21-15-14(24-31-25-15)16(23-27)22-11-3-4-13(19)12(18)7-11/h3-4,7,10,27H,5-6,8-9H2,1-2H3,(H,21,25)(H,22,23). The molecule has 2 aromatic rings. The number of hydrogen-bond acceptors (Lipinski definition) is 9. The summed E-state index contributed by atoms with van der Waals surface area (Å²) in [5, 5.41) is 19.5. The Hall–Kier alpha value is -2.20. The first kappa shape index (κ1) is 24.4. The summed E-state index contributed by atoms with van der Waals surface area (Å²) in [5.74, 6) is -0.725. The third-order valence-electron chi connectivity index (χ3n) is 4.43. The first-order chi connectivity index (χ1) is 15.0. The minimum absolute atomic E-state index is 0.0387. The number of hydroxylamine groups is 1. The number of hydrogen-bond donors (Lipinski definition) is 3. The highest BCUT2D eigenvalue weighted by atomic mass is 79.9. The molecular formula is C17H21BrF2N6O5S. The van der Waals surface area contributed by atoms with Crippen LogP contribution in [0.1, 0.15) is 26.0 Å². The summed E-state index contributed by atoms with van der Waals surface area (Å²) >= 11 is 3.04. The second-order valence-corrected chi connectivity index (χ2v) is 9.74. The van der Waals surface area contributed by atoms with E-state index in [0.717, 1.165) is 4.31 Å². The van der Waals surface area contributed by atoms with Crippen LogP contribution in [0.2, 0.25) is 0 Å². The van der Waals surface area contributed by atoms with Gasteiger partial charge in [-0.2, -0.15) is 12.7 Å². The fraction of sp³-hybridized carbons (Fsp3) is 0.471. The summed E-state index contributed by atoms with van der Waals surface area (Å²) in [7, 11) is -4.04. The Balaban J connectivity index is 1.72. The van der Waals surface area contributed by atoms with Crippen molar-refractivity contribution in [3.63, 3.8) is 0 Å². The molecule has 1 aliphatic heterocycles. The van der Waals surface area contributed by atoms with Crippen LogP contribution >= 0.6 is 15.9 Å². The Kier molecular flexibility index (Phi) is 7.44. The summed E-state index contributed by atoms with van der Waals surface area (Å²) in [6, 6.07) is 3.91. The van der Waals surface area contributed by atoms with Crippen LogP contribution in [0.5, 0.6) is 0 Å². The van der Waals surface area contributed by atoms with E-state index >= 15 is 4.39 Å². The summed E-state index contributed by atoms with van der Waals surface area (Å²) in [5.41, 5.74) is 0.147. The largest absolute Gasteiger partial charge is 0.362 e. The van der Waals surface area contributed by atoms with Gasteiger partial charge in [-0.25, -0.2) is 18.4 Å². The van der Waals surface area contributed by atoms with Crippen molar-refractivity contribution < 1.29 is 31.2 Å². The summed E-state index contributed by atoms with van der Waals surface area (Å²) in [6.45, 7) is 2.37. The van der Waals surface area contributed by atoms with Crippen LogP contribution in [0.4, 0.5) is 20.3 Å². The number of nitrogens with zero attached hydrogens (tertiary/aromatic N) is 4. The maximum atomic E-state index is 15.2. The Bertz CT molecular complexity index is 1100. The zero-order valence-electron chi connectivity index (χ0n) is 17.0. The average molecular weight is 539 g/mol. The Labute approximate surface area is 191 Å². The molecule has 0 amide bonds. The predicted molar refractivity (Wildman–Crippen MR) is 113 cm³/mol. The minimum Gasteiger partial charge on any atom is -0.362 e. The highest BCUT2D eigenvalue weighted by Gasteiger charge is 2.44.